The predicted octanol–water partition coefficient (Wildman–Crippen LogP) is 2.45. The topological polar surface area (TPSA) is 38.3 Å². The van der Waals surface area contributed by atoms with E-state index in [0.717, 1.165) is 19.4 Å². The maximum atomic E-state index is 11.9. The van der Waals surface area contributed by atoms with E-state index in [1.807, 2.05) is 11.8 Å². The van der Waals surface area contributed by atoms with E-state index in [1.165, 1.54) is 44.3 Å². The van der Waals surface area contributed by atoms with E-state index in [0.29, 0.717) is 12.0 Å². The van der Waals surface area contributed by atoms with Crippen molar-refractivity contribution in [2.24, 2.45) is 11.8 Å². The summed E-state index contributed by atoms with van der Waals surface area (Å²) in [5, 5.41) is 3.59. The highest BCUT2D eigenvalue weighted by Gasteiger charge is 2.31. The van der Waals surface area contributed by atoms with Gasteiger partial charge in [-0.25, -0.2) is 0 Å². The lowest BCUT2D eigenvalue weighted by molar-refractivity contribution is -0.147. The quantitative estimate of drug-likeness (QED) is 0.780. The van der Waals surface area contributed by atoms with Crippen molar-refractivity contribution in [3.8, 4) is 0 Å². The minimum absolute atomic E-state index is 0.0163. The fourth-order valence-electron chi connectivity index (χ4n) is 3.14. The lowest BCUT2D eigenvalue weighted by atomic mass is 9.87. The summed E-state index contributed by atoms with van der Waals surface area (Å²) in [5.41, 5.74) is 0. The molecule has 0 spiro atoms. The van der Waals surface area contributed by atoms with Crippen molar-refractivity contribution in [2.75, 3.05) is 25.2 Å². The fourth-order valence-corrected chi connectivity index (χ4v) is 4.28. The molecule has 2 rings (SSSR count). The smallest absolute Gasteiger partial charge is 0.310 e. The first-order valence-corrected chi connectivity index (χ1v) is 8.35. The number of nitrogens with one attached hydrogen (secondary N) is 1. The minimum atomic E-state index is -0.0163. The van der Waals surface area contributed by atoms with Gasteiger partial charge in [-0.05, 0) is 43.1 Å². The Labute approximate surface area is 114 Å². The maximum absolute atomic E-state index is 11.9. The summed E-state index contributed by atoms with van der Waals surface area (Å²) in [5.74, 6) is 2.96. The third-order valence-corrected chi connectivity index (χ3v) is 5.37. The monoisotopic (exact) mass is 271 g/mol. The Bertz CT molecular complexity index is 261. The molecule has 1 unspecified atom stereocenters. The zero-order chi connectivity index (χ0) is 12.8. The molecule has 1 N–H and O–H groups in total. The van der Waals surface area contributed by atoms with Crippen LogP contribution in [0, 0.1) is 11.8 Å². The largest absolute Gasteiger partial charge is 0.469 e. The van der Waals surface area contributed by atoms with E-state index in [1.54, 1.807) is 0 Å². The van der Waals surface area contributed by atoms with Crippen molar-refractivity contribution in [2.45, 2.75) is 44.6 Å². The molecule has 2 fully saturated rings. The normalized spacial score (nSPS) is 24.1. The number of esters is 1. The average Bonchev–Trinajstić information content (AvgIpc) is 2.93. The van der Waals surface area contributed by atoms with Crippen molar-refractivity contribution in [1.29, 1.82) is 0 Å². The number of thioether (sulfide) groups is 1. The Kier molecular flexibility index (Phi) is 5.83. The third-order valence-electron chi connectivity index (χ3n) is 4.32. The highest BCUT2D eigenvalue weighted by molar-refractivity contribution is 7.99. The van der Waals surface area contributed by atoms with Crippen LogP contribution in [0.3, 0.4) is 0 Å². The summed E-state index contributed by atoms with van der Waals surface area (Å²) < 4.78 is 5.00. The van der Waals surface area contributed by atoms with Crippen molar-refractivity contribution >= 4 is 17.7 Å². The Balaban J connectivity index is 1.84. The summed E-state index contributed by atoms with van der Waals surface area (Å²) in [4.78, 5) is 11.9. The molecular weight excluding hydrogens is 246 g/mol. The van der Waals surface area contributed by atoms with E-state index < -0.39 is 0 Å². The SMILES string of the molecule is COC(=O)C(CNC1CCCC1)C1CCSCC1. The molecule has 1 saturated heterocycles. The third kappa shape index (κ3) is 3.89. The van der Waals surface area contributed by atoms with Gasteiger partial charge in [-0.1, -0.05) is 12.8 Å². The van der Waals surface area contributed by atoms with Crippen LogP contribution >= 0.6 is 11.8 Å². The van der Waals surface area contributed by atoms with Gasteiger partial charge in [0.25, 0.3) is 0 Å². The van der Waals surface area contributed by atoms with Gasteiger partial charge in [0.1, 0.15) is 0 Å². The number of carbonyl (C=O) groups is 1. The van der Waals surface area contributed by atoms with Crippen molar-refractivity contribution in [1.82, 2.24) is 5.32 Å². The van der Waals surface area contributed by atoms with Gasteiger partial charge in [0.15, 0.2) is 0 Å². The van der Waals surface area contributed by atoms with Crippen LogP contribution in [0.25, 0.3) is 0 Å². The van der Waals surface area contributed by atoms with E-state index in [-0.39, 0.29) is 11.9 Å². The second-order valence-corrected chi connectivity index (χ2v) is 6.69. The molecule has 0 radical (unpaired) electrons. The van der Waals surface area contributed by atoms with E-state index in [4.69, 9.17) is 4.74 Å². The number of hydrogen-bond donors (Lipinski definition) is 1. The van der Waals surface area contributed by atoms with Gasteiger partial charge in [0.2, 0.25) is 0 Å². The Morgan fingerprint density at radius 3 is 2.56 bits per heavy atom. The van der Waals surface area contributed by atoms with Gasteiger partial charge in [-0.2, -0.15) is 11.8 Å². The summed E-state index contributed by atoms with van der Waals surface area (Å²) in [6, 6.07) is 0.634. The molecule has 0 aromatic carbocycles. The Morgan fingerprint density at radius 1 is 1.28 bits per heavy atom. The molecule has 1 saturated carbocycles. The summed E-state index contributed by atoms with van der Waals surface area (Å²) >= 11 is 2.01. The summed E-state index contributed by atoms with van der Waals surface area (Å²) in [7, 11) is 1.52. The van der Waals surface area contributed by atoms with Crippen LogP contribution in [0.15, 0.2) is 0 Å². The molecule has 0 aromatic heterocycles. The second kappa shape index (κ2) is 7.39. The first-order chi connectivity index (χ1) is 8.81. The number of carbonyl (C=O) groups excluding carboxylic acids is 1. The molecule has 4 heteroatoms. The minimum Gasteiger partial charge on any atom is -0.469 e. The van der Waals surface area contributed by atoms with Crippen LogP contribution in [-0.4, -0.2) is 37.2 Å². The van der Waals surface area contributed by atoms with Crippen LogP contribution in [0.1, 0.15) is 38.5 Å². The highest BCUT2D eigenvalue weighted by atomic mass is 32.2. The second-order valence-electron chi connectivity index (χ2n) is 5.47. The number of methoxy groups -OCH3 is 1. The standard InChI is InChI=1S/C14H25NO2S/c1-17-14(16)13(11-6-8-18-9-7-11)10-15-12-4-2-3-5-12/h11-13,15H,2-10H2,1H3. The predicted molar refractivity (Wildman–Crippen MR) is 75.8 cm³/mol. The molecule has 1 aliphatic heterocycles. The first kappa shape index (κ1) is 14.2. The molecule has 18 heavy (non-hydrogen) atoms. The summed E-state index contributed by atoms with van der Waals surface area (Å²) in [6.07, 6.45) is 7.54. The number of rotatable bonds is 5. The molecule has 0 aromatic rings. The molecular formula is C14H25NO2S. The van der Waals surface area contributed by atoms with E-state index in [9.17, 15) is 4.79 Å². The van der Waals surface area contributed by atoms with Gasteiger partial charge < -0.3 is 10.1 Å². The van der Waals surface area contributed by atoms with E-state index in [2.05, 4.69) is 5.32 Å². The average molecular weight is 271 g/mol. The van der Waals surface area contributed by atoms with Crippen molar-refractivity contribution in [3.05, 3.63) is 0 Å². The van der Waals surface area contributed by atoms with Gasteiger partial charge in [0.05, 0.1) is 13.0 Å². The van der Waals surface area contributed by atoms with Crippen molar-refractivity contribution < 1.29 is 9.53 Å². The zero-order valence-corrected chi connectivity index (χ0v) is 12.1. The fraction of sp³-hybridized carbons (Fsp3) is 0.929. The number of ether oxygens (including phenoxy) is 1. The first-order valence-electron chi connectivity index (χ1n) is 7.20. The lowest BCUT2D eigenvalue weighted by Gasteiger charge is -2.29. The van der Waals surface area contributed by atoms with Crippen LogP contribution < -0.4 is 5.32 Å². The van der Waals surface area contributed by atoms with Crippen LogP contribution in [0.4, 0.5) is 0 Å². The van der Waals surface area contributed by atoms with Crippen LogP contribution in [0.5, 0.6) is 0 Å². The number of hydrogen-bond acceptors (Lipinski definition) is 4. The molecule has 1 atom stereocenters. The molecule has 2 aliphatic rings. The Hall–Kier alpha value is -0.220. The van der Waals surface area contributed by atoms with Crippen LogP contribution in [0.2, 0.25) is 0 Å². The van der Waals surface area contributed by atoms with Gasteiger partial charge in [-0.3, -0.25) is 4.79 Å². The molecule has 104 valence electrons. The van der Waals surface area contributed by atoms with Gasteiger partial charge in [0, 0.05) is 12.6 Å². The van der Waals surface area contributed by atoms with Crippen LogP contribution in [-0.2, 0) is 9.53 Å². The summed E-state index contributed by atoms with van der Waals surface area (Å²) in [6.45, 7) is 0.812. The molecule has 1 heterocycles. The van der Waals surface area contributed by atoms with Gasteiger partial charge >= 0.3 is 5.97 Å². The van der Waals surface area contributed by atoms with Crippen molar-refractivity contribution in [3.63, 3.8) is 0 Å². The maximum Gasteiger partial charge on any atom is 0.310 e. The lowest BCUT2D eigenvalue weighted by Crippen LogP contribution is -2.39. The molecule has 3 nitrogen and oxygen atoms in total. The van der Waals surface area contributed by atoms with E-state index >= 15 is 0 Å². The molecule has 0 amide bonds. The molecule has 0 bridgehead atoms. The highest BCUT2D eigenvalue weighted by Crippen LogP contribution is 2.30. The zero-order valence-electron chi connectivity index (χ0n) is 11.3. The van der Waals surface area contributed by atoms with Gasteiger partial charge in [-0.15, -0.1) is 0 Å². The Morgan fingerprint density at radius 2 is 1.94 bits per heavy atom. The molecule has 1 aliphatic carbocycles.